The summed E-state index contributed by atoms with van der Waals surface area (Å²) in [5.41, 5.74) is 2.85. The Kier molecular flexibility index (Phi) is 4.62. The minimum atomic E-state index is 0.883. The van der Waals surface area contributed by atoms with Crippen molar-refractivity contribution in [2.45, 2.75) is 51.5 Å². The molecule has 1 saturated carbocycles. The van der Waals surface area contributed by atoms with Crippen molar-refractivity contribution in [1.82, 2.24) is 4.90 Å². The van der Waals surface area contributed by atoms with Gasteiger partial charge in [-0.1, -0.05) is 38.3 Å². The molecule has 0 N–H and O–H groups in total. The van der Waals surface area contributed by atoms with Gasteiger partial charge in [0.2, 0.25) is 0 Å². The van der Waals surface area contributed by atoms with E-state index in [1.54, 1.807) is 0 Å². The van der Waals surface area contributed by atoms with E-state index in [9.17, 15) is 0 Å². The van der Waals surface area contributed by atoms with E-state index in [1.807, 2.05) is 0 Å². The summed E-state index contributed by atoms with van der Waals surface area (Å²) in [5, 5.41) is 0. The molecule has 3 rings (SSSR count). The van der Waals surface area contributed by atoms with E-state index >= 15 is 0 Å². The van der Waals surface area contributed by atoms with Gasteiger partial charge in [0.05, 0.1) is 0 Å². The molecule has 0 amide bonds. The van der Waals surface area contributed by atoms with Crippen LogP contribution in [0.4, 0.5) is 5.69 Å². The minimum Gasteiger partial charge on any atom is -0.369 e. The molecule has 2 aliphatic rings. The quantitative estimate of drug-likeness (QED) is 0.828. The monoisotopic (exact) mass is 272 g/mol. The van der Waals surface area contributed by atoms with Crippen molar-refractivity contribution in [3.63, 3.8) is 0 Å². The Labute approximate surface area is 123 Å². The van der Waals surface area contributed by atoms with Gasteiger partial charge < -0.3 is 4.90 Å². The van der Waals surface area contributed by atoms with E-state index < -0.39 is 0 Å². The van der Waals surface area contributed by atoms with Gasteiger partial charge in [0.1, 0.15) is 0 Å². The topological polar surface area (TPSA) is 6.48 Å². The highest BCUT2D eigenvalue weighted by Gasteiger charge is 2.24. The van der Waals surface area contributed by atoms with Crippen LogP contribution in [0.2, 0.25) is 0 Å². The van der Waals surface area contributed by atoms with Crippen molar-refractivity contribution >= 4 is 5.69 Å². The largest absolute Gasteiger partial charge is 0.369 e. The fourth-order valence-electron chi connectivity index (χ4n) is 3.73. The molecule has 0 unspecified atom stereocenters. The molecule has 0 atom stereocenters. The Bertz CT molecular complexity index is 398. The molecule has 2 nitrogen and oxygen atoms in total. The SMILES string of the molecule is CCc1ccc(N2CCN(C3CCCCC3)CC2)cc1. The highest BCUT2D eigenvalue weighted by molar-refractivity contribution is 5.48. The highest BCUT2D eigenvalue weighted by Crippen LogP contribution is 2.25. The maximum atomic E-state index is 2.75. The Hall–Kier alpha value is -1.02. The molecule has 1 saturated heterocycles. The lowest BCUT2D eigenvalue weighted by Gasteiger charge is -2.41. The van der Waals surface area contributed by atoms with E-state index in [1.165, 1.54) is 69.5 Å². The lowest BCUT2D eigenvalue weighted by Crippen LogP contribution is -2.50. The van der Waals surface area contributed by atoms with E-state index in [2.05, 4.69) is 41.0 Å². The molecule has 2 heteroatoms. The molecule has 0 spiro atoms. The summed E-state index contributed by atoms with van der Waals surface area (Å²) in [6.45, 7) is 7.11. The number of anilines is 1. The van der Waals surface area contributed by atoms with Crippen LogP contribution in [-0.4, -0.2) is 37.1 Å². The maximum Gasteiger partial charge on any atom is 0.0367 e. The molecule has 1 aromatic carbocycles. The van der Waals surface area contributed by atoms with Gasteiger partial charge in [0.25, 0.3) is 0 Å². The summed E-state index contributed by atoms with van der Waals surface area (Å²) < 4.78 is 0. The molecule has 2 fully saturated rings. The summed E-state index contributed by atoms with van der Waals surface area (Å²) in [4.78, 5) is 5.30. The number of piperazine rings is 1. The molecule has 1 aliphatic heterocycles. The van der Waals surface area contributed by atoms with Crippen LogP contribution < -0.4 is 4.90 Å². The summed E-state index contributed by atoms with van der Waals surface area (Å²) >= 11 is 0. The number of nitrogens with zero attached hydrogens (tertiary/aromatic N) is 2. The third-order valence-corrected chi connectivity index (χ3v) is 5.12. The first-order valence-electron chi connectivity index (χ1n) is 8.45. The van der Waals surface area contributed by atoms with E-state index in [0.29, 0.717) is 0 Å². The van der Waals surface area contributed by atoms with Gasteiger partial charge in [-0.05, 0) is 37.0 Å². The Balaban J connectivity index is 1.54. The first-order valence-corrected chi connectivity index (χ1v) is 8.45. The van der Waals surface area contributed by atoms with Crippen molar-refractivity contribution in [2.24, 2.45) is 0 Å². The van der Waals surface area contributed by atoms with Gasteiger partial charge >= 0.3 is 0 Å². The van der Waals surface area contributed by atoms with Crippen molar-refractivity contribution in [1.29, 1.82) is 0 Å². The van der Waals surface area contributed by atoms with Gasteiger partial charge in [-0.3, -0.25) is 4.90 Å². The number of rotatable bonds is 3. The van der Waals surface area contributed by atoms with Crippen molar-refractivity contribution in [3.8, 4) is 0 Å². The van der Waals surface area contributed by atoms with Crippen molar-refractivity contribution in [2.75, 3.05) is 31.1 Å². The summed E-state index contributed by atoms with van der Waals surface area (Å²) in [6.07, 6.45) is 8.36. The zero-order valence-corrected chi connectivity index (χ0v) is 12.9. The fourth-order valence-corrected chi connectivity index (χ4v) is 3.73. The number of benzene rings is 1. The van der Waals surface area contributed by atoms with Gasteiger partial charge in [-0.15, -0.1) is 0 Å². The Morgan fingerprint density at radius 3 is 2.15 bits per heavy atom. The van der Waals surface area contributed by atoms with Crippen molar-refractivity contribution < 1.29 is 0 Å². The standard InChI is InChI=1S/C18H28N2/c1-2-16-8-10-18(11-9-16)20-14-12-19(13-15-20)17-6-4-3-5-7-17/h8-11,17H,2-7,12-15H2,1H3. The predicted molar refractivity (Wildman–Crippen MR) is 86.5 cm³/mol. The predicted octanol–water partition coefficient (Wildman–Crippen LogP) is 3.70. The zero-order valence-electron chi connectivity index (χ0n) is 12.9. The van der Waals surface area contributed by atoms with Crippen LogP contribution in [-0.2, 0) is 6.42 Å². The van der Waals surface area contributed by atoms with Gasteiger partial charge in [0.15, 0.2) is 0 Å². The van der Waals surface area contributed by atoms with E-state index in [4.69, 9.17) is 0 Å². The lowest BCUT2D eigenvalue weighted by molar-refractivity contribution is 0.148. The van der Waals surface area contributed by atoms with Crippen molar-refractivity contribution in [3.05, 3.63) is 29.8 Å². The summed E-state index contributed by atoms with van der Waals surface area (Å²) in [6, 6.07) is 10.0. The number of hydrogen-bond acceptors (Lipinski definition) is 2. The molecule has 1 aromatic rings. The van der Waals surface area contributed by atoms with Crippen LogP contribution in [0.25, 0.3) is 0 Å². The molecule has 0 aromatic heterocycles. The van der Waals surface area contributed by atoms with E-state index in [-0.39, 0.29) is 0 Å². The van der Waals surface area contributed by atoms with Gasteiger partial charge in [-0.2, -0.15) is 0 Å². The van der Waals surface area contributed by atoms with Gasteiger partial charge in [0, 0.05) is 37.9 Å². The van der Waals surface area contributed by atoms with Crippen LogP contribution in [0.15, 0.2) is 24.3 Å². The molecule has 1 heterocycles. The second-order valence-corrected chi connectivity index (χ2v) is 6.33. The normalized spacial score (nSPS) is 22.1. The van der Waals surface area contributed by atoms with Crippen LogP contribution in [0, 0.1) is 0 Å². The third kappa shape index (κ3) is 3.17. The first kappa shape index (κ1) is 13.9. The molecule has 0 radical (unpaired) electrons. The number of aryl methyl sites for hydroxylation is 1. The molecule has 0 bridgehead atoms. The van der Waals surface area contributed by atoms with Crippen LogP contribution in [0.3, 0.4) is 0 Å². The van der Waals surface area contributed by atoms with Gasteiger partial charge in [-0.25, -0.2) is 0 Å². The van der Waals surface area contributed by atoms with Crippen LogP contribution >= 0.6 is 0 Å². The smallest absolute Gasteiger partial charge is 0.0367 e. The second-order valence-electron chi connectivity index (χ2n) is 6.33. The minimum absolute atomic E-state index is 0.883. The maximum absolute atomic E-state index is 2.75. The van der Waals surface area contributed by atoms with Crippen LogP contribution in [0.5, 0.6) is 0 Å². The van der Waals surface area contributed by atoms with Crippen LogP contribution in [0.1, 0.15) is 44.6 Å². The highest BCUT2D eigenvalue weighted by atomic mass is 15.3. The summed E-state index contributed by atoms with van der Waals surface area (Å²) in [5.74, 6) is 0. The first-order chi connectivity index (χ1) is 9.86. The summed E-state index contributed by atoms with van der Waals surface area (Å²) in [7, 11) is 0. The lowest BCUT2D eigenvalue weighted by atomic mass is 9.94. The fraction of sp³-hybridized carbons (Fsp3) is 0.667. The number of hydrogen-bond donors (Lipinski definition) is 0. The zero-order chi connectivity index (χ0) is 13.8. The molecule has 20 heavy (non-hydrogen) atoms. The molecular weight excluding hydrogens is 244 g/mol. The average Bonchev–Trinajstić information content (AvgIpc) is 2.56. The Morgan fingerprint density at radius 2 is 1.55 bits per heavy atom. The second kappa shape index (κ2) is 6.62. The molecular formula is C18H28N2. The average molecular weight is 272 g/mol. The van der Waals surface area contributed by atoms with E-state index in [0.717, 1.165) is 12.5 Å². The Morgan fingerprint density at radius 1 is 0.900 bits per heavy atom. The molecule has 110 valence electrons. The third-order valence-electron chi connectivity index (χ3n) is 5.12. The molecule has 1 aliphatic carbocycles.